The standard InChI is InChI=1S/C16H20N6S.C2HF3O2/c1-21-11-17-20-16(21)12-2-5-22(6-3-12)9-14-8-15(19-18-14)13-4-7-23-10-13;3-2(4,5)1(6)7/h4,7-8,10-12H,2-3,5-6,9H2,1H3,(H,18,19);(H,6,7). The van der Waals surface area contributed by atoms with Crippen LogP contribution in [0.2, 0.25) is 0 Å². The first-order chi connectivity index (χ1) is 14.2. The summed E-state index contributed by atoms with van der Waals surface area (Å²) < 4.78 is 33.8. The average Bonchev–Trinajstić information content (AvgIpc) is 3.44. The molecule has 0 bridgehead atoms. The van der Waals surface area contributed by atoms with Crippen LogP contribution in [0.3, 0.4) is 0 Å². The molecular weight excluding hydrogens is 421 g/mol. The van der Waals surface area contributed by atoms with E-state index < -0.39 is 12.1 Å². The summed E-state index contributed by atoms with van der Waals surface area (Å²) in [6.07, 6.45) is -1.02. The Kier molecular flexibility index (Phi) is 6.87. The second kappa shape index (κ2) is 9.39. The first kappa shape index (κ1) is 22.0. The van der Waals surface area contributed by atoms with Crippen molar-refractivity contribution >= 4 is 17.3 Å². The minimum Gasteiger partial charge on any atom is -0.475 e. The number of likely N-dealkylation sites (tertiary alicyclic amines) is 1. The molecule has 4 rings (SSSR count). The molecule has 12 heteroatoms. The van der Waals surface area contributed by atoms with Crippen molar-refractivity contribution in [3.05, 3.63) is 40.7 Å². The molecule has 0 atom stereocenters. The van der Waals surface area contributed by atoms with Crippen molar-refractivity contribution in [3.63, 3.8) is 0 Å². The molecule has 8 nitrogen and oxygen atoms in total. The first-order valence-corrected chi connectivity index (χ1v) is 10.1. The molecule has 1 aliphatic rings. The number of halogens is 3. The van der Waals surface area contributed by atoms with E-state index in [1.807, 2.05) is 11.6 Å². The number of aromatic nitrogens is 5. The van der Waals surface area contributed by atoms with Crippen LogP contribution < -0.4 is 0 Å². The van der Waals surface area contributed by atoms with Crippen molar-refractivity contribution in [2.45, 2.75) is 31.5 Å². The number of carboxylic acid groups (broad SMARTS) is 1. The van der Waals surface area contributed by atoms with Crippen molar-refractivity contribution < 1.29 is 23.1 Å². The second-order valence-corrected chi connectivity index (χ2v) is 7.72. The molecular formula is C18H21F3N6O2S. The van der Waals surface area contributed by atoms with Crippen molar-refractivity contribution in [2.24, 2.45) is 7.05 Å². The Balaban J connectivity index is 0.000000318. The van der Waals surface area contributed by atoms with Crippen molar-refractivity contribution in [1.82, 2.24) is 29.9 Å². The van der Waals surface area contributed by atoms with E-state index in [0.717, 1.165) is 44.0 Å². The number of carbonyl (C=O) groups is 1. The van der Waals surface area contributed by atoms with E-state index >= 15 is 0 Å². The number of aryl methyl sites for hydroxylation is 1. The number of nitrogens with one attached hydrogen (secondary N) is 1. The van der Waals surface area contributed by atoms with Gasteiger partial charge in [-0.1, -0.05) is 0 Å². The summed E-state index contributed by atoms with van der Waals surface area (Å²) in [6.45, 7) is 3.11. The molecule has 1 aliphatic heterocycles. The molecule has 162 valence electrons. The summed E-state index contributed by atoms with van der Waals surface area (Å²) in [6, 6.07) is 4.27. The molecule has 0 radical (unpaired) electrons. The summed E-state index contributed by atoms with van der Waals surface area (Å²) in [5.74, 6) is -1.11. The number of piperidine rings is 1. The molecule has 4 heterocycles. The van der Waals surface area contributed by atoms with Crippen molar-refractivity contribution in [1.29, 1.82) is 0 Å². The van der Waals surface area contributed by atoms with Gasteiger partial charge in [0, 0.05) is 36.1 Å². The third-order valence-electron chi connectivity index (χ3n) is 4.78. The number of aliphatic carboxylic acids is 1. The normalized spacial score (nSPS) is 15.6. The lowest BCUT2D eigenvalue weighted by atomic mass is 9.96. The largest absolute Gasteiger partial charge is 0.490 e. The monoisotopic (exact) mass is 442 g/mol. The lowest BCUT2D eigenvalue weighted by Gasteiger charge is -2.30. The maximum Gasteiger partial charge on any atom is 0.490 e. The quantitative estimate of drug-likeness (QED) is 0.643. The first-order valence-electron chi connectivity index (χ1n) is 9.17. The number of rotatable bonds is 4. The van der Waals surface area contributed by atoms with E-state index in [9.17, 15) is 13.2 Å². The molecule has 3 aromatic heterocycles. The smallest absolute Gasteiger partial charge is 0.475 e. The lowest BCUT2D eigenvalue weighted by Crippen LogP contribution is -2.33. The number of hydrogen-bond acceptors (Lipinski definition) is 6. The maximum absolute atomic E-state index is 10.6. The maximum atomic E-state index is 10.6. The zero-order chi connectivity index (χ0) is 21.7. The number of aromatic amines is 1. The fraction of sp³-hybridized carbons (Fsp3) is 0.444. The third-order valence-corrected chi connectivity index (χ3v) is 5.47. The molecule has 1 saturated heterocycles. The highest BCUT2D eigenvalue weighted by atomic mass is 32.1. The Hall–Kier alpha value is -2.73. The number of hydrogen-bond donors (Lipinski definition) is 2. The SMILES string of the molecule is Cn1cnnc1C1CCN(Cc2cc(-c3ccsc3)n[nH]2)CC1.O=C(O)C(F)(F)F. The number of nitrogens with zero attached hydrogens (tertiary/aromatic N) is 5. The van der Waals surface area contributed by atoms with Gasteiger partial charge in [-0.3, -0.25) is 10.00 Å². The molecule has 0 aliphatic carbocycles. The topological polar surface area (TPSA) is 99.9 Å². The Morgan fingerprint density at radius 3 is 2.60 bits per heavy atom. The molecule has 0 spiro atoms. The van der Waals surface area contributed by atoms with Crippen LogP contribution in [0.25, 0.3) is 11.3 Å². The molecule has 0 aromatic carbocycles. The van der Waals surface area contributed by atoms with E-state index in [4.69, 9.17) is 9.90 Å². The number of thiophene rings is 1. The van der Waals surface area contributed by atoms with E-state index in [1.165, 1.54) is 11.3 Å². The van der Waals surface area contributed by atoms with Crippen LogP contribution in [0.4, 0.5) is 13.2 Å². The minimum atomic E-state index is -5.08. The highest BCUT2D eigenvalue weighted by Crippen LogP contribution is 2.27. The summed E-state index contributed by atoms with van der Waals surface area (Å²) >= 11 is 1.70. The van der Waals surface area contributed by atoms with Gasteiger partial charge in [0.05, 0.1) is 5.69 Å². The van der Waals surface area contributed by atoms with Gasteiger partial charge < -0.3 is 9.67 Å². The Labute approximate surface area is 174 Å². The van der Waals surface area contributed by atoms with Crippen LogP contribution in [-0.4, -0.2) is 60.2 Å². The molecule has 2 N–H and O–H groups in total. The van der Waals surface area contributed by atoms with Crippen LogP contribution in [0, 0.1) is 0 Å². The van der Waals surface area contributed by atoms with Gasteiger partial charge in [0.25, 0.3) is 0 Å². The number of H-pyrrole nitrogens is 1. The van der Waals surface area contributed by atoms with Crippen LogP contribution in [0.15, 0.2) is 29.2 Å². The molecule has 0 unspecified atom stereocenters. The summed E-state index contributed by atoms with van der Waals surface area (Å²) in [7, 11) is 2.03. The van der Waals surface area contributed by atoms with Gasteiger partial charge in [0.2, 0.25) is 0 Å². The van der Waals surface area contributed by atoms with Gasteiger partial charge in [0.15, 0.2) is 0 Å². The average molecular weight is 442 g/mol. The van der Waals surface area contributed by atoms with E-state index in [0.29, 0.717) is 5.92 Å². The highest BCUT2D eigenvalue weighted by Gasteiger charge is 2.38. The molecule has 0 amide bonds. The highest BCUT2D eigenvalue weighted by molar-refractivity contribution is 7.08. The third kappa shape index (κ3) is 5.66. The van der Waals surface area contributed by atoms with E-state index in [2.05, 4.69) is 48.2 Å². The van der Waals surface area contributed by atoms with Crippen LogP contribution >= 0.6 is 11.3 Å². The number of carboxylic acids is 1. The number of alkyl halides is 3. The summed E-state index contributed by atoms with van der Waals surface area (Å²) in [5, 5.41) is 27.2. The van der Waals surface area contributed by atoms with Crippen molar-refractivity contribution in [3.8, 4) is 11.3 Å². The van der Waals surface area contributed by atoms with Crippen LogP contribution in [-0.2, 0) is 18.4 Å². The van der Waals surface area contributed by atoms with E-state index in [-0.39, 0.29) is 0 Å². The predicted octanol–water partition coefficient (Wildman–Crippen LogP) is 3.28. The Morgan fingerprint density at radius 1 is 1.37 bits per heavy atom. The summed E-state index contributed by atoms with van der Waals surface area (Å²) in [4.78, 5) is 11.4. The fourth-order valence-electron chi connectivity index (χ4n) is 3.25. The van der Waals surface area contributed by atoms with Gasteiger partial charge in [-0.25, -0.2) is 4.79 Å². The summed E-state index contributed by atoms with van der Waals surface area (Å²) in [5.41, 5.74) is 3.41. The van der Waals surface area contributed by atoms with Gasteiger partial charge in [-0.2, -0.15) is 29.6 Å². The van der Waals surface area contributed by atoms with Gasteiger partial charge in [-0.15, -0.1) is 10.2 Å². The fourth-order valence-corrected chi connectivity index (χ4v) is 3.90. The van der Waals surface area contributed by atoms with Gasteiger partial charge in [0.1, 0.15) is 12.2 Å². The zero-order valence-electron chi connectivity index (χ0n) is 16.1. The second-order valence-electron chi connectivity index (χ2n) is 6.94. The van der Waals surface area contributed by atoms with Crippen LogP contribution in [0.1, 0.15) is 30.3 Å². The Morgan fingerprint density at radius 2 is 2.07 bits per heavy atom. The Bertz CT molecular complexity index is 945. The molecule has 1 fully saturated rings. The zero-order valence-corrected chi connectivity index (χ0v) is 16.9. The molecule has 3 aromatic rings. The minimum absolute atomic E-state index is 0.530. The van der Waals surface area contributed by atoms with Crippen LogP contribution in [0.5, 0.6) is 0 Å². The molecule has 30 heavy (non-hydrogen) atoms. The van der Waals surface area contributed by atoms with Gasteiger partial charge in [-0.05, 0) is 43.4 Å². The van der Waals surface area contributed by atoms with Crippen molar-refractivity contribution in [2.75, 3.05) is 13.1 Å². The van der Waals surface area contributed by atoms with E-state index in [1.54, 1.807) is 17.7 Å². The van der Waals surface area contributed by atoms with Gasteiger partial charge >= 0.3 is 12.1 Å². The lowest BCUT2D eigenvalue weighted by molar-refractivity contribution is -0.192. The molecule has 0 saturated carbocycles. The predicted molar refractivity (Wildman–Crippen MR) is 104 cm³/mol.